The number of fused-ring (bicyclic) bond motifs is 1. The van der Waals surface area contributed by atoms with Crippen LogP contribution in [0.3, 0.4) is 0 Å². The molecule has 0 spiro atoms. The largest absolute Gasteiger partial charge is 0.480 e. The predicted octanol–water partition coefficient (Wildman–Crippen LogP) is 1.82. The van der Waals surface area contributed by atoms with Gasteiger partial charge in [-0.1, -0.05) is 26.0 Å². The summed E-state index contributed by atoms with van der Waals surface area (Å²) in [5.74, 6) is -1.59. The van der Waals surface area contributed by atoms with Gasteiger partial charge in [0.25, 0.3) is 0 Å². The number of para-hydroxylation sites is 1. The minimum Gasteiger partial charge on any atom is -0.480 e. The highest BCUT2D eigenvalue weighted by atomic mass is 32.2. The fourth-order valence-corrected chi connectivity index (χ4v) is 3.38. The number of carboxylic acid groups (broad SMARTS) is 1. The molecule has 0 aliphatic heterocycles. The molecule has 0 radical (unpaired) electrons. The second-order valence-electron chi connectivity index (χ2n) is 4.78. The zero-order valence-electron chi connectivity index (χ0n) is 11.0. The van der Waals surface area contributed by atoms with Gasteiger partial charge in [-0.2, -0.15) is 4.72 Å². The van der Waals surface area contributed by atoms with Gasteiger partial charge in [0.1, 0.15) is 10.9 Å². The second kappa shape index (κ2) is 5.26. The fourth-order valence-electron chi connectivity index (χ4n) is 1.88. The first-order valence-electron chi connectivity index (χ1n) is 6.04. The molecular weight excluding hydrogens is 282 g/mol. The third-order valence-electron chi connectivity index (χ3n) is 2.95. The molecule has 1 unspecified atom stereocenters. The standard InChI is InChI=1S/C13H15NO5S/c1-8(2)11(13(15)16)14-20(17,18)10-5-3-4-9-6-7-19-12(9)10/h3-8,11,14H,1-2H3,(H,15,16). The first-order chi connectivity index (χ1) is 9.33. The normalized spacial score (nSPS) is 13.8. The Hall–Kier alpha value is -1.86. The molecule has 1 heterocycles. The maximum atomic E-state index is 12.3. The lowest BCUT2D eigenvalue weighted by atomic mass is 10.1. The smallest absolute Gasteiger partial charge is 0.322 e. The Morgan fingerprint density at radius 2 is 2.00 bits per heavy atom. The maximum Gasteiger partial charge on any atom is 0.322 e. The number of sulfonamides is 1. The number of aliphatic carboxylic acids is 1. The van der Waals surface area contributed by atoms with Crippen molar-refractivity contribution in [2.45, 2.75) is 24.8 Å². The van der Waals surface area contributed by atoms with Gasteiger partial charge in [-0.05, 0) is 18.1 Å². The van der Waals surface area contributed by atoms with Crippen molar-refractivity contribution >= 4 is 27.0 Å². The highest BCUT2D eigenvalue weighted by Gasteiger charge is 2.29. The third kappa shape index (κ3) is 2.68. The molecule has 6 nitrogen and oxygen atoms in total. The predicted molar refractivity (Wildman–Crippen MR) is 72.8 cm³/mol. The van der Waals surface area contributed by atoms with Crippen LogP contribution in [-0.2, 0) is 14.8 Å². The summed E-state index contributed by atoms with van der Waals surface area (Å²) in [6.07, 6.45) is 1.39. The van der Waals surface area contributed by atoms with Gasteiger partial charge < -0.3 is 9.52 Å². The van der Waals surface area contributed by atoms with E-state index in [4.69, 9.17) is 9.52 Å². The van der Waals surface area contributed by atoms with Crippen molar-refractivity contribution in [3.05, 3.63) is 30.5 Å². The first kappa shape index (κ1) is 14.5. The average molecular weight is 297 g/mol. The van der Waals surface area contributed by atoms with E-state index in [0.717, 1.165) is 0 Å². The number of carboxylic acids is 1. The Bertz CT molecular complexity index is 732. The van der Waals surface area contributed by atoms with Gasteiger partial charge in [-0.15, -0.1) is 0 Å². The van der Waals surface area contributed by atoms with Crippen LogP contribution in [0.2, 0.25) is 0 Å². The van der Waals surface area contributed by atoms with Gasteiger partial charge in [0.05, 0.1) is 6.26 Å². The Morgan fingerprint density at radius 3 is 2.60 bits per heavy atom. The van der Waals surface area contributed by atoms with Crippen LogP contribution in [-0.4, -0.2) is 25.5 Å². The summed E-state index contributed by atoms with van der Waals surface area (Å²) in [4.78, 5) is 11.1. The lowest BCUT2D eigenvalue weighted by molar-refractivity contribution is -0.140. The zero-order valence-corrected chi connectivity index (χ0v) is 11.8. The molecule has 0 aliphatic rings. The van der Waals surface area contributed by atoms with E-state index in [1.807, 2.05) is 0 Å². The SMILES string of the molecule is CC(C)C(NS(=O)(=O)c1cccc2ccoc12)C(=O)O. The molecule has 2 rings (SSSR count). The number of benzene rings is 1. The van der Waals surface area contributed by atoms with E-state index >= 15 is 0 Å². The molecule has 1 atom stereocenters. The number of nitrogens with one attached hydrogen (secondary N) is 1. The van der Waals surface area contributed by atoms with Crippen molar-refractivity contribution in [1.82, 2.24) is 4.72 Å². The molecule has 1 aromatic heterocycles. The summed E-state index contributed by atoms with van der Waals surface area (Å²) in [6, 6.07) is 5.14. The van der Waals surface area contributed by atoms with E-state index in [9.17, 15) is 13.2 Å². The summed E-state index contributed by atoms with van der Waals surface area (Å²) in [6.45, 7) is 3.27. The first-order valence-corrected chi connectivity index (χ1v) is 7.52. The van der Waals surface area contributed by atoms with Crippen LogP contribution in [0.25, 0.3) is 11.0 Å². The molecule has 108 valence electrons. The van der Waals surface area contributed by atoms with Crippen LogP contribution in [0.15, 0.2) is 39.8 Å². The van der Waals surface area contributed by atoms with Gasteiger partial charge in [0, 0.05) is 5.39 Å². The van der Waals surface area contributed by atoms with E-state index in [1.165, 1.54) is 12.3 Å². The number of hydrogen-bond acceptors (Lipinski definition) is 4. The van der Waals surface area contributed by atoms with Crippen LogP contribution < -0.4 is 4.72 Å². The van der Waals surface area contributed by atoms with E-state index < -0.39 is 22.0 Å². The number of hydrogen-bond donors (Lipinski definition) is 2. The van der Waals surface area contributed by atoms with Crippen molar-refractivity contribution in [3.8, 4) is 0 Å². The fraction of sp³-hybridized carbons (Fsp3) is 0.308. The molecule has 0 aliphatic carbocycles. The van der Waals surface area contributed by atoms with Crippen LogP contribution in [0.4, 0.5) is 0 Å². The Kier molecular flexibility index (Phi) is 3.82. The Morgan fingerprint density at radius 1 is 1.30 bits per heavy atom. The highest BCUT2D eigenvalue weighted by Crippen LogP contribution is 2.24. The van der Waals surface area contributed by atoms with Crippen molar-refractivity contribution in [1.29, 1.82) is 0 Å². The highest BCUT2D eigenvalue weighted by molar-refractivity contribution is 7.89. The maximum absolute atomic E-state index is 12.3. The monoisotopic (exact) mass is 297 g/mol. The van der Waals surface area contributed by atoms with E-state index in [1.54, 1.807) is 32.0 Å². The lowest BCUT2D eigenvalue weighted by Crippen LogP contribution is -2.44. The van der Waals surface area contributed by atoms with Gasteiger partial charge in [-0.3, -0.25) is 4.79 Å². The molecule has 1 aromatic carbocycles. The molecule has 0 saturated heterocycles. The molecule has 2 aromatic rings. The Labute approximate surface area is 116 Å². The number of carbonyl (C=O) groups is 1. The lowest BCUT2D eigenvalue weighted by Gasteiger charge is -2.17. The number of rotatable bonds is 5. The van der Waals surface area contributed by atoms with Crippen molar-refractivity contribution in [2.75, 3.05) is 0 Å². The van der Waals surface area contributed by atoms with Gasteiger partial charge in [-0.25, -0.2) is 8.42 Å². The summed E-state index contributed by atoms with van der Waals surface area (Å²) >= 11 is 0. The minimum atomic E-state index is -3.97. The van der Waals surface area contributed by atoms with Crippen LogP contribution in [0.5, 0.6) is 0 Å². The molecule has 7 heteroatoms. The molecular formula is C13H15NO5S. The molecule has 2 N–H and O–H groups in total. The van der Waals surface area contributed by atoms with Crippen molar-refractivity contribution in [2.24, 2.45) is 5.92 Å². The van der Waals surface area contributed by atoms with Gasteiger partial charge in [0.15, 0.2) is 5.58 Å². The Balaban J connectivity index is 2.45. The van der Waals surface area contributed by atoms with Crippen LogP contribution in [0, 0.1) is 5.92 Å². The summed E-state index contributed by atoms with van der Waals surface area (Å²) in [5, 5.41) is 9.72. The van der Waals surface area contributed by atoms with Gasteiger partial charge >= 0.3 is 5.97 Å². The second-order valence-corrected chi connectivity index (χ2v) is 6.46. The minimum absolute atomic E-state index is 0.0631. The molecule has 0 amide bonds. The molecule has 0 fully saturated rings. The molecule has 20 heavy (non-hydrogen) atoms. The quantitative estimate of drug-likeness (QED) is 0.877. The summed E-state index contributed by atoms with van der Waals surface area (Å²) in [7, 11) is -3.97. The average Bonchev–Trinajstić information content (AvgIpc) is 2.83. The molecule has 0 saturated carbocycles. The van der Waals surface area contributed by atoms with E-state index in [0.29, 0.717) is 5.39 Å². The van der Waals surface area contributed by atoms with E-state index in [2.05, 4.69) is 4.72 Å². The van der Waals surface area contributed by atoms with Crippen LogP contribution in [0.1, 0.15) is 13.8 Å². The number of furan rings is 1. The summed E-state index contributed by atoms with van der Waals surface area (Å²) in [5.41, 5.74) is 0.216. The van der Waals surface area contributed by atoms with Crippen LogP contribution >= 0.6 is 0 Å². The topological polar surface area (TPSA) is 96.6 Å². The van der Waals surface area contributed by atoms with E-state index in [-0.39, 0.29) is 16.4 Å². The van der Waals surface area contributed by atoms with Gasteiger partial charge in [0.2, 0.25) is 10.0 Å². The summed E-state index contributed by atoms with van der Waals surface area (Å²) < 4.78 is 32.0. The van der Waals surface area contributed by atoms with Crippen molar-refractivity contribution in [3.63, 3.8) is 0 Å². The third-order valence-corrected chi connectivity index (χ3v) is 4.41. The zero-order chi connectivity index (χ0) is 14.9. The molecule has 0 bridgehead atoms. The van der Waals surface area contributed by atoms with Crippen molar-refractivity contribution < 1.29 is 22.7 Å².